The van der Waals surface area contributed by atoms with Gasteiger partial charge in [0.25, 0.3) is 0 Å². The monoisotopic (exact) mass is 328 g/mol. The lowest BCUT2D eigenvalue weighted by atomic mass is 9.86. The van der Waals surface area contributed by atoms with Gasteiger partial charge < -0.3 is 10.6 Å². The molecule has 122 valence electrons. The van der Waals surface area contributed by atoms with Crippen LogP contribution in [0.3, 0.4) is 0 Å². The first kappa shape index (κ1) is 16.3. The van der Waals surface area contributed by atoms with Crippen LogP contribution < -0.4 is 5.73 Å². The minimum absolute atomic E-state index is 0.382. The van der Waals surface area contributed by atoms with Crippen molar-refractivity contribution in [2.75, 3.05) is 7.05 Å². The molecule has 0 fully saturated rings. The Kier molecular flexibility index (Phi) is 4.24. The molecule has 2 unspecified atom stereocenters. The van der Waals surface area contributed by atoms with Crippen molar-refractivity contribution in [3.8, 4) is 23.3 Å². The molecule has 2 atom stereocenters. The summed E-state index contributed by atoms with van der Waals surface area (Å²) < 4.78 is 0. The molecular formula is C20H16N4O. The van der Waals surface area contributed by atoms with E-state index < -0.39 is 11.9 Å². The topological polar surface area (TPSA) is 93.9 Å². The number of likely N-dealkylation sites (N-methyl/N-ethyl adjacent to an activating group) is 1. The summed E-state index contributed by atoms with van der Waals surface area (Å²) in [5.74, 6) is -0.847. The third-order valence-corrected chi connectivity index (χ3v) is 4.48. The van der Waals surface area contributed by atoms with Crippen LogP contribution in [0.15, 0.2) is 60.3 Å². The first-order valence-corrected chi connectivity index (χ1v) is 7.79. The zero-order valence-electron chi connectivity index (χ0n) is 13.7. The van der Waals surface area contributed by atoms with Gasteiger partial charge in [-0.05, 0) is 22.8 Å². The summed E-state index contributed by atoms with van der Waals surface area (Å²) in [5, 5.41) is 18.6. The number of nitrogens with zero attached hydrogens (tertiary/aromatic N) is 3. The van der Waals surface area contributed by atoms with Gasteiger partial charge >= 0.3 is 0 Å². The third kappa shape index (κ3) is 2.84. The molecule has 2 aromatic carbocycles. The largest absolute Gasteiger partial charge is 0.368 e. The van der Waals surface area contributed by atoms with Crippen LogP contribution in [0.2, 0.25) is 0 Å². The number of nitriles is 2. The summed E-state index contributed by atoms with van der Waals surface area (Å²) in [6, 6.07) is 18.7. The molecule has 25 heavy (non-hydrogen) atoms. The highest BCUT2D eigenvalue weighted by molar-refractivity contribution is 5.83. The lowest BCUT2D eigenvalue weighted by molar-refractivity contribution is -0.121. The van der Waals surface area contributed by atoms with Gasteiger partial charge in [0.1, 0.15) is 6.04 Å². The summed E-state index contributed by atoms with van der Waals surface area (Å²) in [6.07, 6.45) is 1.67. The fraction of sp³-hybridized carbons (Fsp3) is 0.150. The normalized spacial score (nSPS) is 19.0. The molecule has 0 aromatic heterocycles. The predicted molar refractivity (Wildman–Crippen MR) is 93.8 cm³/mol. The number of benzene rings is 2. The van der Waals surface area contributed by atoms with Crippen molar-refractivity contribution in [3.63, 3.8) is 0 Å². The fourth-order valence-corrected chi connectivity index (χ4v) is 3.31. The van der Waals surface area contributed by atoms with Crippen LogP contribution in [0, 0.1) is 22.7 Å². The second-order valence-electron chi connectivity index (χ2n) is 5.97. The summed E-state index contributed by atoms with van der Waals surface area (Å²) in [4.78, 5) is 13.5. The van der Waals surface area contributed by atoms with E-state index in [-0.39, 0.29) is 5.92 Å². The number of carbonyl (C=O) groups is 1. The Morgan fingerprint density at radius 2 is 1.76 bits per heavy atom. The lowest BCUT2D eigenvalue weighted by Gasteiger charge is -2.24. The summed E-state index contributed by atoms with van der Waals surface area (Å²) in [6.45, 7) is 0. The van der Waals surface area contributed by atoms with Gasteiger partial charge in [-0.3, -0.25) is 4.79 Å². The van der Waals surface area contributed by atoms with Crippen molar-refractivity contribution in [1.29, 1.82) is 10.5 Å². The van der Waals surface area contributed by atoms with E-state index in [1.807, 2.05) is 42.5 Å². The van der Waals surface area contributed by atoms with Crippen molar-refractivity contribution in [1.82, 2.24) is 4.90 Å². The van der Waals surface area contributed by atoms with E-state index in [0.29, 0.717) is 11.1 Å². The SMILES string of the molecule is CN1C=C(C#N)C(c2ccc(-c3ccccc3C#N)cc2)C1C(N)=O. The standard InChI is InChI=1S/C20H16N4O/c1-24-12-16(11-22)18(19(24)20(23)25)14-8-6-13(7-9-14)17-5-3-2-4-15(17)10-21/h2-9,12,18-19H,1H3,(H2,23,25). The van der Waals surface area contributed by atoms with Gasteiger partial charge in [0, 0.05) is 19.2 Å². The van der Waals surface area contributed by atoms with Gasteiger partial charge in [-0.2, -0.15) is 10.5 Å². The van der Waals surface area contributed by atoms with Crippen LogP contribution in [0.25, 0.3) is 11.1 Å². The summed E-state index contributed by atoms with van der Waals surface area (Å²) in [7, 11) is 1.74. The van der Waals surface area contributed by atoms with Crippen LogP contribution in [-0.4, -0.2) is 23.9 Å². The van der Waals surface area contributed by atoms with Gasteiger partial charge in [-0.15, -0.1) is 0 Å². The van der Waals surface area contributed by atoms with E-state index in [9.17, 15) is 15.3 Å². The molecule has 3 rings (SSSR count). The number of amides is 1. The maximum atomic E-state index is 11.8. The first-order chi connectivity index (χ1) is 12.1. The second kappa shape index (κ2) is 6.51. The number of nitrogens with two attached hydrogens (primary N) is 1. The van der Waals surface area contributed by atoms with Crippen LogP contribution >= 0.6 is 0 Å². The molecule has 1 heterocycles. The van der Waals surface area contributed by atoms with Crippen LogP contribution in [-0.2, 0) is 4.79 Å². The van der Waals surface area contributed by atoms with Crippen molar-refractivity contribution < 1.29 is 4.79 Å². The Hall–Kier alpha value is -3.57. The zero-order valence-corrected chi connectivity index (χ0v) is 13.7. The molecular weight excluding hydrogens is 312 g/mol. The van der Waals surface area contributed by atoms with Crippen molar-refractivity contribution in [2.24, 2.45) is 5.73 Å². The number of primary amides is 1. The highest BCUT2D eigenvalue weighted by Crippen LogP contribution is 2.36. The van der Waals surface area contributed by atoms with E-state index >= 15 is 0 Å². The molecule has 1 aliphatic heterocycles. The Balaban J connectivity index is 2.00. The van der Waals surface area contributed by atoms with Gasteiger partial charge in [-0.25, -0.2) is 0 Å². The van der Waals surface area contributed by atoms with Crippen molar-refractivity contribution >= 4 is 5.91 Å². The van der Waals surface area contributed by atoms with Gasteiger partial charge in [0.05, 0.1) is 23.3 Å². The molecule has 2 aromatic rings. The Labute approximate surface area is 146 Å². The van der Waals surface area contributed by atoms with Crippen LogP contribution in [0.4, 0.5) is 0 Å². The second-order valence-corrected chi connectivity index (χ2v) is 5.97. The zero-order chi connectivity index (χ0) is 18.0. The van der Waals surface area contributed by atoms with E-state index in [1.165, 1.54) is 0 Å². The Bertz CT molecular complexity index is 931. The Morgan fingerprint density at radius 1 is 1.08 bits per heavy atom. The molecule has 1 amide bonds. The van der Waals surface area contributed by atoms with E-state index in [0.717, 1.165) is 16.7 Å². The summed E-state index contributed by atoms with van der Waals surface area (Å²) >= 11 is 0. The molecule has 1 aliphatic rings. The van der Waals surface area contributed by atoms with E-state index in [4.69, 9.17) is 5.73 Å². The maximum absolute atomic E-state index is 11.8. The summed E-state index contributed by atoms with van der Waals surface area (Å²) in [5.41, 5.74) is 9.25. The highest BCUT2D eigenvalue weighted by Gasteiger charge is 2.38. The number of carbonyl (C=O) groups excluding carboxylic acids is 1. The fourth-order valence-electron chi connectivity index (χ4n) is 3.31. The van der Waals surface area contributed by atoms with Crippen LogP contribution in [0.5, 0.6) is 0 Å². The molecule has 0 aliphatic carbocycles. The lowest BCUT2D eigenvalue weighted by Crippen LogP contribution is -2.40. The molecule has 0 saturated heterocycles. The molecule has 0 bridgehead atoms. The third-order valence-electron chi connectivity index (χ3n) is 4.48. The minimum Gasteiger partial charge on any atom is -0.368 e. The molecule has 5 nitrogen and oxygen atoms in total. The first-order valence-electron chi connectivity index (χ1n) is 7.79. The van der Waals surface area contributed by atoms with E-state index in [1.54, 1.807) is 24.2 Å². The van der Waals surface area contributed by atoms with Gasteiger partial charge in [-0.1, -0.05) is 42.5 Å². The average Bonchev–Trinajstić information content (AvgIpc) is 2.98. The minimum atomic E-state index is -0.577. The molecule has 0 saturated carbocycles. The number of hydrogen-bond acceptors (Lipinski definition) is 4. The molecule has 2 N–H and O–H groups in total. The van der Waals surface area contributed by atoms with Crippen molar-refractivity contribution in [3.05, 3.63) is 71.4 Å². The van der Waals surface area contributed by atoms with Gasteiger partial charge in [0.15, 0.2) is 0 Å². The smallest absolute Gasteiger partial charge is 0.241 e. The molecule has 5 heteroatoms. The Morgan fingerprint density at radius 3 is 2.36 bits per heavy atom. The van der Waals surface area contributed by atoms with E-state index in [2.05, 4.69) is 12.1 Å². The average molecular weight is 328 g/mol. The molecule has 0 radical (unpaired) electrons. The maximum Gasteiger partial charge on any atom is 0.241 e. The van der Waals surface area contributed by atoms with Gasteiger partial charge in [0.2, 0.25) is 5.91 Å². The molecule has 0 spiro atoms. The number of rotatable bonds is 3. The van der Waals surface area contributed by atoms with Crippen LogP contribution in [0.1, 0.15) is 17.0 Å². The number of hydrogen-bond donors (Lipinski definition) is 1. The van der Waals surface area contributed by atoms with Crippen molar-refractivity contribution in [2.45, 2.75) is 12.0 Å². The predicted octanol–water partition coefficient (Wildman–Crippen LogP) is 2.52. The highest BCUT2D eigenvalue weighted by atomic mass is 16.1. The quantitative estimate of drug-likeness (QED) is 0.936.